The summed E-state index contributed by atoms with van der Waals surface area (Å²) in [7, 11) is 0. The average molecular weight is 305 g/mol. The topological polar surface area (TPSA) is 9.23 Å². The molecule has 0 saturated heterocycles. The van der Waals surface area contributed by atoms with Crippen molar-refractivity contribution in [2.75, 3.05) is 6.61 Å². The van der Waals surface area contributed by atoms with E-state index in [1.54, 1.807) is 0 Å². The molecule has 0 atom stereocenters. The smallest absolute Gasteiger partial charge is 0.123 e. The molecule has 1 aromatic rings. The molecule has 1 heteroatoms. The summed E-state index contributed by atoms with van der Waals surface area (Å²) in [5, 5.41) is 0. The first-order valence-electron chi connectivity index (χ1n) is 8.94. The van der Waals surface area contributed by atoms with Crippen molar-refractivity contribution in [3.8, 4) is 5.75 Å². The number of hydrogen-bond acceptors (Lipinski definition) is 1. The molecule has 1 aromatic carbocycles. The van der Waals surface area contributed by atoms with Crippen molar-refractivity contribution in [2.45, 2.75) is 91.4 Å². The molecule has 0 radical (unpaired) electrons. The van der Waals surface area contributed by atoms with Gasteiger partial charge in [0.25, 0.3) is 0 Å². The average Bonchev–Trinajstić information content (AvgIpc) is 2.40. The van der Waals surface area contributed by atoms with E-state index in [2.05, 4.69) is 66.7 Å². The summed E-state index contributed by atoms with van der Waals surface area (Å²) in [4.78, 5) is 0. The molecule has 0 unspecified atom stereocenters. The highest BCUT2D eigenvalue weighted by Gasteiger charge is 2.22. The SMILES string of the molecule is CCCCCCCOc1ccc(C(C)(C)C)cc1C(C)(C)C. The van der Waals surface area contributed by atoms with Gasteiger partial charge in [-0.15, -0.1) is 0 Å². The van der Waals surface area contributed by atoms with Crippen LogP contribution in [0.3, 0.4) is 0 Å². The number of rotatable bonds is 7. The van der Waals surface area contributed by atoms with Gasteiger partial charge in [0, 0.05) is 0 Å². The maximum Gasteiger partial charge on any atom is 0.123 e. The van der Waals surface area contributed by atoms with Crippen molar-refractivity contribution < 1.29 is 4.74 Å². The van der Waals surface area contributed by atoms with Gasteiger partial charge < -0.3 is 4.74 Å². The molecule has 0 bridgehead atoms. The summed E-state index contributed by atoms with van der Waals surface area (Å²) >= 11 is 0. The Bertz CT molecular complexity index is 446. The minimum absolute atomic E-state index is 0.110. The molecule has 0 aliphatic heterocycles. The standard InChI is InChI=1S/C21H36O/c1-8-9-10-11-12-15-22-19-14-13-17(20(2,3)4)16-18(19)21(5,6)7/h13-14,16H,8-12,15H2,1-7H3. The number of benzene rings is 1. The van der Waals surface area contributed by atoms with Crippen LogP contribution in [0.5, 0.6) is 5.75 Å². The minimum atomic E-state index is 0.110. The minimum Gasteiger partial charge on any atom is -0.493 e. The molecule has 0 spiro atoms. The van der Waals surface area contributed by atoms with Gasteiger partial charge in [0.15, 0.2) is 0 Å². The van der Waals surface area contributed by atoms with Crippen LogP contribution in [-0.4, -0.2) is 6.61 Å². The van der Waals surface area contributed by atoms with Gasteiger partial charge in [-0.25, -0.2) is 0 Å². The molecular formula is C21H36O. The van der Waals surface area contributed by atoms with Gasteiger partial charge in [0.2, 0.25) is 0 Å². The predicted molar refractivity (Wildman–Crippen MR) is 98.1 cm³/mol. The second-order valence-electron chi connectivity index (χ2n) is 8.47. The number of ether oxygens (including phenoxy) is 1. The fraction of sp³-hybridized carbons (Fsp3) is 0.714. The second kappa shape index (κ2) is 8.04. The van der Waals surface area contributed by atoms with E-state index in [0.29, 0.717) is 0 Å². The number of hydrogen-bond donors (Lipinski definition) is 0. The van der Waals surface area contributed by atoms with Gasteiger partial charge in [-0.3, -0.25) is 0 Å². The summed E-state index contributed by atoms with van der Waals surface area (Å²) < 4.78 is 6.11. The summed E-state index contributed by atoms with van der Waals surface area (Å²) in [6, 6.07) is 6.74. The van der Waals surface area contributed by atoms with Gasteiger partial charge in [-0.05, 0) is 34.4 Å². The maximum absolute atomic E-state index is 6.11. The van der Waals surface area contributed by atoms with Gasteiger partial charge >= 0.3 is 0 Å². The van der Waals surface area contributed by atoms with Crippen LogP contribution >= 0.6 is 0 Å². The lowest BCUT2D eigenvalue weighted by atomic mass is 9.80. The molecule has 0 heterocycles. The van der Waals surface area contributed by atoms with Crippen molar-refractivity contribution in [3.05, 3.63) is 29.3 Å². The quantitative estimate of drug-likeness (QED) is 0.514. The fourth-order valence-corrected chi connectivity index (χ4v) is 2.60. The highest BCUT2D eigenvalue weighted by molar-refractivity contribution is 5.43. The van der Waals surface area contributed by atoms with Crippen molar-refractivity contribution in [1.29, 1.82) is 0 Å². The van der Waals surface area contributed by atoms with E-state index in [9.17, 15) is 0 Å². The monoisotopic (exact) mass is 304 g/mol. The molecule has 0 aromatic heterocycles. The van der Waals surface area contributed by atoms with Crippen molar-refractivity contribution >= 4 is 0 Å². The van der Waals surface area contributed by atoms with Gasteiger partial charge in [0.05, 0.1) is 6.61 Å². The van der Waals surface area contributed by atoms with Crippen LogP contribution in [0.15, 0.2) is 18.2 Å². The van der Waals surface area contributed by atoms with Crippen molar-refractivity contribution in [3.63, 3.8) is 0 Å². The first kappa shape index (κ1) is 19.1. The molecular weight excluding hydrogens is 268 g/mol. The largest absolute Gasteiger partial charge is 0.493 e. The van der Waals surface area contributed by atoms with E-state index in [0.717, 1.165) is 18.8 Å². The molecule has 126 valence electrons. The molecule has 0 aliphatic carbocycles. The van der Waals surface area contributed by atoms with E-state index in [-0.39, 0.29) is 10.8 Å². The molecule has 1 rings (SSSR count). The molecule has 0 amide bonds. The molecule has 0 fully saturated rings. The van der Waals surface area contributed by atoms with Crippen LogP contribution in [0.2, 0.25) is 0 Å². The van der Waals surface area contributed by atoms with E-state index in [4.69, 9.17) is 4.74 Å². The van der Waals surface area contributed by atoms with Crippen LogP contribution in [0.1, 0.15) is 91.7 Å². The van der Waals surface area contributed by atoms with Crippen molar-refractivity contribution in [1.82, 2.24) is 0 Å². The van der Waals surface area contributed by atoms with Crippen LogP contribution in [0, 0.1) is 0 Å². The Morgan fingerprint density at radius 2 is 1.45 bits per heavy atom. The molecule has 22 heavy (non-hydrogen) atoms. The fourth-order valence-electron chi connectivity index (χ4n) is 2.60. The molecule has 0 aliphatic rings. The van der Waals surface area contributed by atoms with Crippen LogP contribution < -0.4 is 4.74 Å². The molecule has 0 N–H and O–H groups in total. The Labute approximate surface area is 138 Å². The second-order valence-corrected chi connectivity index (χ2v) is 8.47. The van der Waals surface area contributed by atoms with Crippen LogP contribution in [0.25, 0.3) is 0 Å². The summed E-state index contributed by atoms with van der Waals surface area (Å²) in [6.07, 6.45) is 6.40. The Kier molecular flexibility index (Phi) is 6.97. The first-order valence-corrected chi connectivity index (χ1v) is 8.94. The van der Waals surface area contributed by atoms with Crippen LogP contribution in [-0.2, 0) is 10.8 Å². The lowest BCUT2D eigenvalue weighted by Gasteiger charge is -2.27. The van der Waals surface area contributed by atoms with E-state index in [1.807, 2.05) is 0 Å². The Balaban J connectivity index is 2.77. The van der Waals surface area contributed by atoms with Gasteiger partial charge in [-0.1, -0.05) is 86.3 Å². The normalized spacial score (nSPS) is 12.5. The zero-order valence-electron chi connectivity index (χ0n) is 15.9. The molecule has 1 nitrogen and oxygen atoms in total. The third-order valence-corrected chi connectivity index (χ3v) is 4.16. The molecule has 0 saturated carbocycles. The van der Waals surface area contributed by atoms with E-state index < -0.39 is 0 Å². The maximum atomic E-state index is 6.11. The highest BCUT2D eigenvalue weighted by Crippen LogP contribution is 2.35. The summed E-state index contributed by atoms with van der Waals surface area (Å²) in [5.74, 6) is 1.07. The Hall–Kier alpha value is -0.980. The summed E-state index contributed by atoms with van der Waals surface area (Å²) in [6.45, 7) is 16.7. The Morgan fingerprint density at radius 1 is 0.818 bits per heavy atom. The third-order valence-electron chi connectivity index (χ3n) is 4.16. The summed E-state index contributed by atoms with van der Waals surface area (Å²) in [5.41, 5.74) is 3.00. The first-order chi connectivity index (χ1) is 10.2. The zero-order chi connectivity index (χ0) is 16.8. The predicted octanol–water partition coefficient (Wildman–Crippen LogP) is 6.63. The van der Waals surface area contributed by atoms with Crippen molar-refractivity contribution in [2.24, 2.45) is 0 Å². The number of unbranched alkanes of at least 4 members (excludes halogenated alkanes) is 4. The Morgan fingerprint density at radius 3 is 2.00 bits per heavy atom. The third kappa shape index (κ3) is 6.02. The van der Waals surface area contributed by atoms with E-state index >= 15 is 0 Å². The van der Waals surface area contributed by atoms with Crippen LogP contribution in [0.4, 0.5) is 0 Å². The van der Waals surface area contributed by atoms with E-state index in [1.165, 1.54) is 36.8 Å². The highest BCUT2D eigenvalue weighted by atomic mass is 16.5. The lowest BCUT2D eigenvalue weighted by molar-refractivity contribution is 0.296. The van der Waals surface area contributed by atoms with Gasteiger partial charge in [0.1, 0.15) is 5.75 Å². The zero-order valence-corrected chi connectivity index (χ0v) is 15.9. The van der Waals surface area contributed by atoms with Gasteiger partial charge in [-0.2, -0.15) is 0 Å². The lowest BCUT2D eigenvalue weighted by Crippen LogP contribution is -2.17.